The van der Waals surface area contributed by atoms with E-state index in [0.717, 1.165) is 0 Å². The molecule has 0 unspecified atom stereocenters. The van der Waals surface area contributed by atoms with Crippen molar-refractivity contribution in [1.82, 2.24) is 4.98 Å². The van der Waals surface area contributed by atoms with Gasteiger partial charge in [-0.3, -0.25) is 9.54 Å². The van der Waals surface area contributed by atoms with Crippen molar-refractivity contribution in [1.29, 1.82) is 0 Å². The van der Waals surface area contributed by atoms with Gasteiger partial charge in [-0.25, -0.2) is 0 Å². The zero-order valence-corrected chi connectivity index (χ0v) is 15.5. The summed E-state index contributed by atoms with van der Waals surface area (Å²) in [5.41, 5.74) is 0.155. The molecule has 3 N–H and O–H groups in total. The van der Waals surface area contributed by atoms with Crippen LogP contribution in [0.25, 0.3) is 10.9 Å². The Kier molecular flexibility index (Phi) is 7.84. The van der Waals surface area contributed by atoms with Gasteiger partial charge in [-0.2, -0.15) is 8.42 Å². The Morgan fingerprint density at radius 1 is 1.38 bits per heavy atom. The molecular formula is C10H7INNaO7S. The minimum Gasteiger partial charge on any atom is -0.565 e. The maximum Gasteiger partial charge on any atom is 1.00 e. The number of benzene rings is 1. The molecule has 0 fully saturated rings. The molecule has 8 nitrogen and oxygen atoms in total. The Morgan fingerprint density at radius 3 is 2.38 bits per heavy atom. The predicted molar refractivity (Wildman–Crippen MR) is 74.0 cm³/mol. The summed E-state index contributed by atoms with van der Waals surface area (Å²) < 4.78 is 31.7. The first-order valence-electron chi connectivity index (χ1n) is 4.78. The summed E-state index contributed by atoms with van der Waals surface area (Å²) in [5, 5.41) is 25.2. The second kappa shape index (κ2) is 8.10. The van der Waals surface area contributed by atoms with Crippen LogP contribution in [0.4, 0.5) is 4.79 Å². The molecule has 2 aromatic rings. The number of phenolic OH excluding ortho intramolecular Hbond substituents is 1. The van der Waals surface area contributed by atoms with Gasteiger partial charge in [0.05, 0.1) is 3.57 Å². The molecular weight excluding hydrogens is 428 g/mol. The number of rotatable bonds is 1. The molecule has 108 valence electrons. The van der Waals surface area contributed by atoms with Crippen molar-refractivity contribution in [2.45, 2.75) is 4.90 Å². The van der Waals surface area contributed by atoms with Crippen molar-refractivity contribution in [3.8, 4) is 5.75 Å². The second-order valence-electron chi connectivity index (χ2n) is 3.35. The molecule has 1 aromatic carbocycles. The molecule has 1 aromatic heterocycles. The van der Waals surface area contributed by atoms with Crippen LogP contribution in [-0.2, 0) is 10.1 Å². The van der Waals surface area contributed by atoms with Crippen LogP contribution in [0.5, 0.6) is 5.75 Å². The van der Waals surface area contributed by atoms with Crippen molar-refractivity contribution in [2.75, 3.05) is 0 Å². The number of hydrogen-bond donors (Lipinski definition) is 3. The molecule has 0 bridgehead atoms. The van der Waals surface area contributed by atoms with Gasteiger partial charge in [0.2, 0.25) is 6.16 Å². The summed E-state index contributed by atoms with van der Waals surface area (Å²) in [6.45, 7) is 0. The number of halogens is 1. The van der Waals surface area contributed by atoms with E-state index in [0.29, 0.717) is 3.57 Å². The maximum absolute atomic E-state index is 11.2. The van der Waals surface area contributed by atoms with Gasteiger partial charge in [-0.1, -0.05) is 0 Å². The molecule has 0 atom stereocenters. The number of aromatic hydroxyl groups is 1. The van der Waals surface area contributed by atoms with E-state index in [2.05, 4.69) is 4.98 Å². The molecule has 21 heavy (non-hydrogen) atoms. The normalized spacial score (nSPS) is 10.2. The summed E-state index contributed by atoms with van der Waals surface area (Å²) in [7, 11) is -4.32. The van der Waals surface area contributed by atoms with Crippen molar-refractivity contribution >= 4 is 49.8 Å². The van der Waals surface area contributed by atoms with Gasteiger partial charge < -0.3 is 20.1 Å². The van der Waals surface area contributed by atoms with Crippen LogP contribution in [0.1, 0.15) is 0 Å². The molecule has 0 aliphatic carbocycles. The molecule has 1 heterocycles. The first-order chi connectivity index (χ1) is 9.14. The Bertz CT molecular complexity index is 761. The summed E-state index contributed by atoms with van der Waals surface area (Å²) in [6.07, 6.45) is -0.647. The van der Waals surface area contributed by atoms with E-state index in [1.54, 1.807) is 22.6 Å². The fourth-order valence-corrected chi connectivity index (χ4v) is 2.87. The van der Waals surface area contributed by atoms with Crippen LogP contribution in [-0.4, -0.2) is 34.3 Å². The van der Waals surface area contributed by atoms with E-state index in [4.69, 9.17) is 19.6 Å². The summed E-state index contributed by atoms with van der Waals surface area (Å²) in [5.74, 6) is -0.0939. The van der Waals surface area contributed by atoms with Crippen LogP contribution >= 0.6 is 22.6 Å². The first-order valence-corrected chi connectivity index (χ1v) is 7.30. The number of carboxylic acid groups (broad SMARTS) is 2. The maximum atomic E-state index is 11.2. The van der Waals surface area contributed by atoms with Crippen molar-refractivity contribution < 1.29 is 62.6 Å². The number of carbonyl (C=O) groups is 1. The average molecular weight is 435 g/mol. The van der Waals surface area contributed by atoms with E-state index in [-0.39, 0.29) is 51.1 Å². The van der Waals surface area contributed by atoms with Gasteiger partial charge in [-0.05, 0) is 40.8 Å². The van der Waals surface area contributed by atoms with E-state index in [1.807, 2.05) is 0 Å². The quantitative estimate of drug-likeness (QED) is 0.257. The Morgan fingerprint density at radius 2 is 1.90 bits per heavy atom. The van der Waals surface area contributed by atoms with Crippen LogP contribution in [0.15, 0.2) is 29.3 Å². The Hall–Kier alpha value is -0.660. The smallest absolute Gasteiger partial charge is 0.565 e. The van der Waals surface area contributed by atoms with E-state index < -0.39 is 16.3 Å². The molecule has 0 aliphatic heterocycles. The number of aromatic nitrogens is 1. The zero-order chi connectivity index (χ0) is 15.5. The van der Waals surface area contributed by atoms with Crippen molar-refractivity contribution in [3.63, 3.8) is 0 Å². The molecule has 0 spiro atoms. The number of hydrogen-bond acceptors (Lipinski definition) is 6. The second-order valence-corrected chi connectivity index (χ2v) is 5.90. The number of phenols is 1. The number of fused-ring (bicyclic) bond motifs is 1. The van der Waals surface area contributed by atoms with Gasteiger partial charge in [0, 0.05) is 11.6 Å². The first kappa shape index (κ1) is 20.3. The van der Waals surface area contributed by atoms with E-state index in [1.165, 1.54) is 24.4 Å². The largest absolute Gasteiger partial charge is 1.00 e. The fourth-order valence-electron chi connectivity index (χ4n) is 1.38. The third-order valence-corrected chi connectivity index (χ3v) is 3.78. The molecule has 0 saturated carbocycles. The third kappa shape index (κ3) is 5.56. The van der Waals surface area contributed by atoms with Gasteiger partial charge in [0.25, 0.3) is 10.1 Å². The topological polar surface area (TPSA) is 148 Å². The SMILES string of the molecule is O=C([O-])O.O=S(=O)(O)c1cc(I)c(O)c2ncccc12.[Na+]. The van der Waals surface area contributed by atoms with E-state index in [9.17, 15) is 13.5 Å². The Balaban J connectivity index is 0.000000715. The molecule has 11 heteroatoms. The molecule has 2 rings (SSSR count). The minimum absolute atomic E-state index is 0. The van der Waals surface area contributed by atoms with E-state index >= 15 is 0 Å². The molecule has 0 radical (unpaired) electrons. The van der Waals surface area contributed by atoms with Gasteiger partial charge in [0.15, 0.2) is 5.75 Å². The molecule has 0 amide bonds. The van der Waals surface area contributed by atoms with Crippen LogP contribution in [0.3, 0.4) is 0 Å². The van der Waals surface area contributed by atoms with Crippen LogP contribution in [0.2, 0.25) is 0 Å². The van der Waals surface area contributed by atoms with Crippen molar-refractivity contribution in [3.05, 3.63) is 28.0 Å². The number of pyridine rings is 1. The zero-order valence-electron chi connectivity index (χ0n) is 10.5. The van der Waals surface area contributed by atoms with Gasteiger partial charge in [-0.15, -0.1) is 0 Å². The molecule has 0 saturated heterocycles. The van der Waals surface area contributed by atoms with Gasteiger partial charge in [0.1, 0.15) is 10.4 Å². The van der Waals surface area contributed by atoms with Crippen molar-refractivity contribution in [2.24, 2.45) is 0 Å². The Labute approximate surface area is 155 Å². The van der Waals surface area contributed by atoms with Crippen LogP contribution in [0, 0.1) is 3.57 Å². The summed E-state index contributed by atoms with van der Waals surface area (Å²) in [4.78, 5) is 12.1. The predicted octanol–water partition coefficient (Wildman–Crippen LogP) is -2.32. The average Bonchev–Trinajstić information content (AvgIpc) is 2.32. The fraction of sp³-hybridized carbons (Fsp3) is 0. The number of nitrogens with zero attached hydrogens (tertiary/aromatic N) is 1. The monoisotopic (exact) mass is 435 g/mol. The minimum atomic E-state index is -4.32. The van der Waals surface area contributed by atoms with Gasteiger partial charge >= 0.3 is 29.6 Å². The third-order valence-electron chi connectivity index (χ3n) is 2.06. The molecule has 0 aliphatic rings. The standard InChI is InChI=1S/C9H6INO4S.CH2O3.Na/c10-6-4-7(16(13,14)15)5-2-1-3-11-8(5)9(6)12;2-1(3)4;/h1-4,12H,(H,13,14,15);(H2,2,3,4);/q;;+1/p-1. The summed E-state index contributed by atoms with van der Waals surface area (Å²) >= 11 is 1.77. The summed E-state index contributed by atoms with van der Waals surface area (Å²) in [6, 6.07) is 4.21. The van der Waals surface area contributed by atoms with Crippen LogP contribution < -0.4 is 34.7 Å².